The normalized spacial score (nSPS) is 14.9. The van der Waals surface area contributed by atoms with Gasteiger partial charge >= 0.3 is 0 Å². The lowest BCUT2D eigenvalue weighted by atomic mass is 10.1. The summed E-state index contributed by atoms with van der Waals surface area (Å²) >= 11 is 1.76. The Bertz CT molecular complexity index is 261. The second-order valence-corrected chi connectivity index (χ2v) is 5.27. The highest BCUT2D eigenvalue weighted by molar-refractivity contribution is 7.10. The second-order valence-electron chi connectivity index (χ2n) is 4.29. The van der Waals surface area contributed by atoms with Crippen molar-refractivity contribution in [3.63, 3.8) is 0 Å². The van der Waals surface area contributed by atoms with Gasteiger partial charge in [0.25, 0.3) is 0 Å². The van der Waals surface area contributed by atoms with Crippen LogP contribution < -0.4 is 5.32 Å². The molecule has 16 heavy (non-hydrogen) atoms. The molecule has 2 atom stereocenters. The molecule has 0 amide bonds. The van der Waals surface area contributed by atoms with Crippen LogP contribution in [0.25, 0.3) is 0 Å². The fourth-order valence-electron chi connectivity index (χ4n) is 1.86. The van der Waals surface area contributed by atoms with Crippen LogP contribution in [0.5, 0.6) is 0 Å². The van der Waals surface area contributed by atoms with E-state index in [4.69, 9.17) is 5.11 Å². The van der Waals surface area contributed by atoms with Gasteiger partial charge in [0.15, 0.2) is 0 Å². The molecule has 1 aromatic rings. The first kappa shape index (κ1) is 13.7. The standard InChI is InChI=1S/C13H23NOS/c1-3-4-6-11(2)14-12(8-9-15)13-7-5-10-16-13/h5,7,10-12,14-15H,3-4,6,8-9H2,1-2H3. The van der Waals surface area contributed by atoms with Crippen molar-refractivity contribution < 1.29 is 5.11 Å². The van der Waals surface area contributed by atoms with E-state index >= 15 is 0 Å². The molecule has 92 valence electrons. The number of thiophene rings is 1. The highest BCUT2D eigenvalue weighted by atomic mass is 32.1. The molecular formula is C13H23NOS. The average Bonchev–Trinajstić information content (AvgIpc) is 2.79. The number of aliphatic hydroxyl groups is 1. The largest absolute Gasteiger partial charge is 0.396 e. The fourth-order valence-corrected chi connectivity index (χ4v) is 2.69. The van der Waals surface area contributed by atoms with E-state index in [9.17, 15) is 0 Å². The van der Waals surface area contributed by atoms with Crippen LogP contribution in [-0.4, -0.2) is 17.8 Å². The minimum Gasteiger partial charge on any atom is -0.396 e. The van der Waals surface area contributed by atoms with Gasteiger partial charge in [-0.3, -0.25) is 0 Å². The molecule has 0 aliphatic rings. The molecule has 0 fully saturated rings. The van der Waals surface area contributed by atoms with Crippen LogP contribution in [-0.2, 0) is 0 Å². The van der Waals surface area contributed by atoms with Crippen LogP contribution in [0.3, 0.4) is 0 Å². The summed E-state index contributed by atoms with van der Waals surface area (Å²) in [5.74, 6) is 0. The van der Waals surface area contributed by atoms with Gasteiger partial charge in [0.2, 0.25) is 0 Å². The Morgan fingerprint density at radius 3 is 2.81 bits per heavy atom. The molecule has 0 aliphatic carbocycles. The molecule has 0 aliphatic heterocycles. The van der Waals surface area contributed by atoms with Crippen molar-refractivity contribution in [3.05, 3.63) is 22.4 Å². The van der Waals surface area contributed by atoms with Crippen molar-refractivity contribution in [1.29, 1.82) is 0 Å². The lowest BCUT2D eigenvalue weighted by molar-refractivity contribution is 0.259. The fraction of sp³-hybridized carbons (Fsp3) is 0.692. The van der Waals surface area contributed by atoms with Crippen molar-refractivity contribution in [3.8, 4) is 0 Å². The van der Waals surface area contributed by atoms with Gasteiger partial charge in [-0.2, -0.15) is 0 Å². The summed E-state index contributed by atoms with van der Waals surface area (Å²) in [5.41, 5.74) is 0. The SMILES string of the molecule is CCCCC(C)NC(CCO)c1cccs1. The summed E-state index contributed by atoms with van der Waals surface area (Å²) in [6.07, 6.45) is 4.53. The maximum atomic E-state index is 9.09. The lowest BCUT2D eigenvalue weighted by Crippen LogP contribution is -2.30. The first-order chi connectivity index (χ1) is 7.77. The first-order valence-corrected chi connectivity index (χ1v) is 7.06. The van der Waals surface area contributed by atoms with Crippen LogP contribution in [0.15, 0.2) is 17.5 Å². The Labute approximate surface area is 103 Å². The number of hydrogen-bond acceptors (Lipinski definition) is 3. The van der Waals surface area contributed by atoms with E-state index in [0.29, 0.717) is 12.1 Å². The summed E-state index contributed by atoms with van der Waals surface area (Å²) in [7, 11) is 0. The van der Waals surface area contributed by atoms with Gasteiger partial charge in [-0.25, -0.2) is 0 Å². The molecule has 1 aromatic heterocycles. The monoisotopic (exact) mass is 241 g/mol. The summed E-state index contributed by atoms with van der Waals surface area (Å²) in [6, 6.07) is 5.06. The van der Waals surface area contributed by atoms with E-state index in [2.05, 4.69) is 36.7 Å². The Morgan fingerprint density at radius 2 is 2.25 bits per heavy atom. The third-order valence-corrected chi connectivity index (χ3v) is 3.77. The molecule has 0 radical (unpaired) electrons. The van der Waals surface area contributed by atoms with Gasteiger partial charge in [-0.05, 0) is 31.2 Å². The van der Waals surface area contributed by atoms with E-state index in [1.54, 1.807) is 11.3 Å². The Balaban J connectivity index is 2.45. The third kappa shape index (κ3) is 4.64. The van der Waals surface area contributed by atoms with Gasteiger partial charge in [0.05, 0.1) is 0 Å². The molecule has 0 aromatic carbocycles. The zero-order chi connectivity index (χ0) is 11.8. The Hall–Kier alpha value is -0.380. The van der Waals surface area contributed by atoms with Gasteiger partial charge in [-0.15, -0.1) is 11.3 Å². The van der Waals surface area contributed by atoms with Gasteiger partial charge in [0.1, 0.15) is 0 Å². The number of aliphatic hydroxyl groups excluding tert-OH is 1. The van der Waals surface area contributed by atoms with Crippen molar-refractivity contribution in [2.45, 2.75) is 51.6 Å². The van der Waals surface area contributed by atoms with Crippen molar-refractivity contribution >= 4 is 11.3 Å². The maximum Gasteiger partial charge on any atom is 0.0449 e. The van der Waals surface area contributed by atoms with Crippen molar-refractivity contribution in [2.24, 2.45) is 0 Å². The van der Waals surface area contributed by atoms with Gasteiger partial charge < -0.3 is 10.4 Å². The van der Waals surface area contributed by atoms with Crippen LogP contribution in [0.4, 0.5) is 0 Å². The highest BCUT2D eigenvalue weighted by Gasteiger charge is 2.14. The number of rotatable bonds is 8. The smallest absolute Gasteiger partial charge is 0.0449 e. The topological polar surface area (TPSA) is 32.3 Å². The zero-order valence-corrected chi connectivity index (χ0v) is 11.1. The summed E-state index contributed by atoms with van der Waals surface area (Å²) in [5, 5.41) is 14.8. The number of unbranched alkanes of at least 4 members (excludes halogenated alkanes) is 1. The van der Waals surface area contributed by atoms with E-state index in [-0.39, 0.29) is 6.61 Å². The van der Waals surface area contributed by atoms with Crippen LogP contribution >= 0.6 is 11.3 Å². The Morgan fingerprint density at radius 1 is 1.44 bits per heavy atom. The summed E-state index contributed by atoms with van der Waals surface area (Å²) < 4.78 is 0. The van der Waals surface area contributed by atoms with Crippen molar-refractivity contribution in [1.82, 2.24) is 5.32 Å². The zero-order valence-electron chi connectivity index (χ0n) is 10.3. The predicted molar refractivity (Wildman–Crippen MR) is 70.9 cm³/mol. The van der Waals surface area contributed by atoms with Crippen LogP contribution in [0.2, 0.25) is 0 Å². The number of nitrogens with one attached hydrogen (secondary N) is 1. The minimum atomic E-state index is 0.246. The van der Waals surface area contributed by atoms with E-state index < -0.39 is 0 Å². The van der Waals surface area contributed by atoms with E-state index in [1.807, 2.05) is 0 Å². The van der Waals surface area contributed by atoms with Gasteiger partial charge in [-0.1, -0.05) is 25.8 Å². The molecule has 0 saturated carbocycles. The average molecular weight is 241 g/mol. The molecule has 1 heterocycles. The molecule has 1 rings (SSSR count). The first-order valence-electron chi connectivity index (χ1n) is 6.18. The minimum absolute atomic E-state index is 0.246. The number of hydrogen-bond donors (Lipinski definition) is 2. The summed E-state index contributed by atoms with van der Waals surface area (Å²) in [6.45, 7) is 4.70. The van der Waals surface area contributed by atoms with Crippen LogP contribution in [0.1, 0.15) is 50.4 Å². The summed E-state index contributed by atoms with van der Waals surface area (Å²) in [4.78, 5) is 1.33. The molecular weight excluding hydrogens is 218 g/mol. The van der Waals surface area contributed by atoms with E-state index in [1.165, 1.54) is 24.1 Å². The molecule has 0 bridgehead atoms. The third-order valence-electron chi connectivity index (χ3n) is 2.78. The molecule has 0 saturated heterocycles. The predicted octanol–water partition coefficient (Wildman–Crippen LogP) is 3.34. The quantitative estimate of drug-likeness (QED) is 0.731. The van der Waals surface area contributed by atoms with Crippen molar-refractivity contribution in [2.75, 3.05) is 6.61 Å². The van der Waals surface area contributed by atoms with Crippen LogP contribution in [0, 0.1) is 0 Å². The maximum absolute atomic E-state index is 9.09. The Kier molecular flexibility index (Phi) is 6.69. The van der Waals surface area contributed by atoms with E-state index in [0.717, 1.165) is 6.42 Å². The molecule has 2 unspecified atom stereocenters. The molecule has 2 N–H and O–H groups in total. The molecule has 3 heteroatoms. The second kappa shape index (κ2) is 7.82. The molecule has 0 spiro atoms. The molecule has 2 nitrogen and oxygen atoms in total. The lowest BCUT2D eigenvalue weighted by Gasteiger charge is -2.21. The highest BCUT2D eigenvalue weighted by Crippen LogP contribution is 2.22. The van der Waals surface area contributed by atoms with Gasteiger partial charge in [0, 0.05) is 23.6 Å².